The van der Waals surface area contributed by atoms with Crippen molar-refractivity contribution in [1.82, 2.24) is 0 Å². The molecule has 0 rings (SSSR count). The Balaban J connectivity index is 3.73. The molecule has 0 saturated heterocycles. The summed E-state index contributed by atoms with van der Waals surface area (Å²) in [4.78, 5) is 0. The second-order valence-corrected chi connectivity index (χ2v) is 3.19. The fraction of sp³-hybridized carbons (Fsp3) is 1.00. The fourth-order valence-electron chi connectivity index (χ4n) is 0.715. The molecule has 1 unspecified atom stereocenters. The first kappa shape index (κ1) is 9.82. The van der Waals surface area contributed by atoms with Crippen LogP contribution in [0.3, 0.4) is 0 Å². The van der Waals surface area contributed by atoms with Gasteiger partial charge in [0.25, 0.3) is 5.92 Å². The van der Waals surface area contributed by atoms with Crippen LogP contribution in [0, 0.1) is 5.92 Å². The minimum Gasteiger partial charge on any atom is -0.323 e. The van der Waals surface area contributed by atoms with Crippen molar-refractivity contribution in [3.8, 4) is 0 Å². The van der Waals surface area contributed by atoms with Crippen LogP contribution in [0.15, 0.2) is 0 Å². The van der Waals surface area contributed by atoms with Crippen LogP contribution in [-0.4, -0.2) is 12.0 Å². The zero-order chi connectivity index (χ0) is 8.36. The van der Waals surface area contributed by atoms with Gasteiger partial charge >= 0.3 is 0 Å². The minimum absolute atomic E-state index is 0.237. The lowest BCUT2D eigenvalue weighted by Gasteiger charge is -2.20. The molecule has 0 saturated carbocycles. The van der Waals surface area contributed by atoms with Crippen LogP contribution in [0.4, 0.5) is 8.78 Å². The third-order valence-corrected chi connectivity index (χ3v) is 1.38. The van der Waals surface area contributed by atoms with E-state index in [1.165, 1.54) is 0 Å². The van der Waals surface area contributed by atoms with Gasteiger partial charge in [0.1, 0.15) is 0 Å². The molecule has 2 N–H and O–H groups in total. The van der Waals surface area contributed by atoms with Crippen molar-refractivity contribution in [2.24, 2.45) is 11.7 Å². The van der Waals surface area contributed by atoms with Gasteiger partial charge in [-0.25, -0.2) is 8.78 Å². The van der Waals surface area contributed by atoms with Gasteiger partial charge in [0.15, 0.2) is 0 Å². The first-order valence-electron chi connectivity index (χ1n) is 3.47. The summed E-state index contributed by atoms with van der Waals surface area (Å²) in [6, 6.07) is -0.993. The first-order chi connectivity index (χ1) is 4.34. The summed E-state index contributed by atoms with van der Waals surface area (Å²) in [5.74, 6) is -2.50. The monoisotopic (exact) mass is 151 g/mol. The highest BCUT2D eigenvalue weighted by Gasteiger charge is 2.30. The van der Waals surface area contributed by atoms with Crippen LogP contribution in [-0.2, 0) is 0 Å². The number of nitrogens with two attached hydrogens (primary N) is 1. The van der Waals surface area contributed by atoms with E-state index >= 15 is 0 Å². The van der Waals surface area contributed by atoms with Crippen LogP contribution >= 0.6 is 0 Å². The van der Waals surface area contributed by atoms with E-state index < -0.39 is 12.0 Å². The summed E-state index contributed by atoms with van der Waals surface area (Å²) >= 11 is 0. The van der Waals surface area contributed by atoms with E-state index in [0.29, 0.717) is 6.42 Å². The molecule has 0 aromatic heterocycles. The highest BCUT2D eigenvalue weighted by molar-refractivity contribution is 4.76. The molecule has 0 spiro atoms. The number of hydrogen-bond donors (Lipinski definition) is 1. The number of rotatable bonds is 3. The van der Waals surface area contributed by atoms with Crippen LogP contribution in [0.2, 0.25) is 0 Å². The fourth-order valence-corrected chi connectivity index (χ4v) is 0.715. The van der Waals surface area contributed by atoms with Gasteiger partial charge in [-0.05, 0) is 12.3 Å². The molecule has 0 aliphatic heterocycles. The minimum atomic E-state index is -2.73. The summed E-state index contributed by atoms with van der Waals surface area (Å²) in [6.07, 6.45) is 0.378. The van der Waals surface area contributed by atoms with Gasteiger partial charge in [-0.15, -0.1) is 0 Å². The molecule has 0 fully saturated rings. The van der Waals surface area contributed by atoms with Gasteiger partial charge in [-0.3, -0.25) is 0 Å². The Morgan fingerprint density at radius 1 is 1.40 bits per heavy atom. The maximum Gasteiger partial charge on any atom is 0.260 e. The molecule has 0 aliphatic rings. The van der Waals surface area contributed by atoms with Crippen molar-refractivity contribution in [1.29, 1.82) is 0 Å². The Hall–Kier alpha value is -0.180. The molecule has 1 atom stereocenters. The molecular formula is C7H15F2N. The predicted octanol–water partition coefficient (Wildman–Crippen LogP) is 2.02. The number of alkyl halides is 2. The third kappa shape index (κ3) is 3.77. The van der Waals surface area contributed by atoms with E-state index in [4.69, 9.17) is 5.73 Å². The van der Waals surface area contributed by atoms with Crippen LogP contribution in [0.5, 0.6) is 0 Å². The van der Waals surface area contributed by atoms with Gasteiger partial charge in [-0.1, -0.05) is 13.8 Å². The Labute approximate surface area is 60.6 Å². The van der Waals surface area contributed by atoms with E-state index in [1.54, 1.807) is 0 Å². The maximum absolute atomic E-state index is 12.4. The standard InChI is InChI=1S/C7H15F2N/c1-5(2)4-6(10)7(3,8)9/h5-6H,4,10H2,1-3H3. The van der Waals surface area contributed by atoms with E-state index in [-0.39, 0.29) is 5.92 Å². The molecular weight excluding hydrogens is 136 g/mol. The molecule has 62 valence electrons. The molecule has 0 heterocycles. The van der Waals surface area contributed by atoms with E-state index in [9.17, 15) is 8.78 Å². The highest BCUT2D eigenvalue weighted by atomic mass is 19.3. The van der Waals surface area contributed by atoms with Crippen molar-refractivity contribution in [3.05, 3.63) is 0 Å². The quantitative estimate of drug-likeness (QED) is 0.656. The lowest BCUT2D eigenvalue weighted by atomic mass is 10.0. The molecule has 0 radical (unpaired) electrons. The Bertz CT molecular complexity index is 96.3. The van der Waals surface area contributed by atoms with Crippen molar-refractivity contribution < 1.29 is 8.78 Å². The second kappa shape index (κ2) is 3.28. The van der Waals surface area contributed by atoms with Crippen LogP contribution in [0.25, 0.3) is 0 Å². The van der Waals surface area contributed by atoms with Crippen molar-refractivity contribution in [3.63, 3.8) is 0 Å². The van der Waals surface area contributed by atoms with Gasteiger partial charge in [-0.2, -0.15) is 0 Å². The SMILES string of the molecule is CC(C)CC(N)C(C)(F)F. The molecule has 1 nitrogen and oxygen atoms in total. The second-order valence-electron chi connectivity index (χ2n) is 3.19. The Morgan fingerprint density at radius 2 is 1.80 bits per heavy atom. The van der Waals surface area contributed by atoms with Crippen molar-refractivity contribution in [2.45, 2.75) is 39.2 Å². The van der Waals surface area contributed by atoms with Gasteiger partial charge in [0.2, 0.25) is 0 Å². The van der Waals surface area contributed by atoms with Gasteiger partial charge in [0, 0.05) is 6.92 Å². The molecule has 0 aromatic rings. The lowest BCUT2D eigenvalue weighted by Crippen LogP contribution is -2.39. The van der Waals surface area contributed by atoms with Crippen molar-refractivity contribution >= 4 is 0 Å². The Kier molecular flexibility index (Phi) is 3.22. The van der Waals surface area contributed by atoms with Gasteiger partial charge < -0.3 is 5.73 Å². The van der Waals surface area contributed by atoms with Crippen LogP contribution in [0.1, 0.15) is 27.2 Å². The normalized spacial score (nSPS) is 15.9. The Morgan fingerprint density at radius 3 is 1.90 bits per heavy atom. The zero-order valence-electron chi connectivity index (χ0n) is 6.70. The van der Waals surface area contributed by atoms with E-state index in [0.717, 1.165) is 6.92 Å². The summed E-state index contributed by atoms with van der Waals surface area (Å²) < 4.78 is 24.7. The summed E-state index contributed by atoms with van der Waals surface area (Å²) in [7, 11) is 0. The predicted molar refractivity (Wildman–Crippen MR) is 38.1 cm³/mol. The van der Waals surface area contributed by atoms with E-state index in [2.05, 4.69) is 0 Å². The molecule has 0 aromatic carbocycles. The average Bonchev–Trinajstić information content (AvgIpc) is 1.60. The smallest absolute Gasteiger partial charge is 0.260 e. The third-order valence-electron chi connectivity index (χ3n) is 1.38. The molecule has 10 heavy (non-hydrogen) atoms. The molecule has 0 amide bonds. The molecule has 0 bridgehead atoms. The average molecular weight is 151 g/mol. The number of halogens is 2. The van der Waals surface area contributed by atoms with Gasteiger partial charge in [0.05, 0.1) is 6.04 Å². The summed E-state index contributed by atoms with van der Waals surface area (Å²) in [5.41, 5.74) is 5.20. The summed E-state index contributed by atoms with van der Waals surface area (Å²) in [5, 5.41) is 0. The number of hydrogen-bond acceptors (Lipinski definition) is 1. The molecule has 0 aliphatic carbocycles. The summed E-state index contributed by atoms with van der Waals surface area (Å²) in [6.45, 7) is 4.62. The maximum atomic E-state index is 12.4. The van der Waals surface area contributed by atoms with Crippen LogP contribution < -0.4 is 5.73 Å². The van der Waals surface area contributed by atoms with E-state index in [1.807, 2.05) is 13.8 Å². The zero-order valence-corrected chi connectivity index (χ0v) is 6.70. The van der Waals surface area contributed by atoms with Crippen molar-refractivity contribution in [2.75, 3.05) is 0 Å². The largest absolute Gasteiger partial charge is 0.323 e. The lowest BCUT2D eigenvalue weighted by molar-refractivity contribution is -0.0113. The first-order valence-corrected chi connectivity index (χ1v) is 3.47. The topological polar surface area (TPSA) is 26.0 Å². The highest BCUT2D eigenvalue weighted by Crippen LogP contribution is 2.20. The molecule has 3 heteroatoms.